The van der Waals surface area contributed by atoms with Gasteiger partial charge in [0.25, 0.3) is 11.8 Å². The number of hydrogen-bond acceptors (Lipinski definition) is 4. The van der Waals surface area contributed by atoms with Crippen LogP contribution in [-0.2, 0) is 16.2 Å². The van der Waals surface area contributed by atoms with Crippen LogP contribution >= 0.6 is 23.2 Å². The number of halogens is 2. The molecule has 2 aromatic heterocycles. The third-order valence-electron chi connectivity index (χ3n) is 5.60. The van der Waals surface area contributed by atoms with Gasteiger partial charge in [-0.25, -0.2) is 10.5 Å². The first-order valence-corrected chi connectivity index (χ1v) is 10.9. The highest BCUT2D eigenvalue weighted by molar-refractivity contribution is 6.35. The quantitative estimate of drug-likeness (QED) is 0.413. The van der Waals surface area contributed by atoms with Crippen molar-refractivity contribution in [3.63, 3.8) is 0 Å². The maximum Gasteiger partial charge on any atom is 0.253 e. The average Bonchev–Trinajstić information content (AvgIpc) is 3.27. The number of carbonyl (C=O) groups excluding carboxylic acids is 2. The van der Waals surface area contributed by atoms with Gasteiger partial charge in [0.05, 0.1) is 12.0 Å². The van der Waals surface area contributed by atoms with Gasteiger partial charge in [-0.1, -0.05) is 53.5 Å². The van der Waals surface area contributed by atoms with Crippen molar-refractivity contribution in [3.8, 4) is 0 Å². The number of benzene rings is 2. The smallest absolute Gasteiger partial charge is 0.253 e. The van der Waals surface area contributed by atoms with E-state index in [-0.39, 0.29) is 12.5 Å². The second-order valence-corrected chi connectivity index (χ2v) is 8.51. The minimum absolute atomic E-state index is 0.160. The maximum absolute atomic E-state index is 13.3. The Morgan fingerprint density at radius 3 is 2.82 bits per heavy atom. The van der Waals surface area contributed by atoms with E-state index in [0.29, 0.717) is 26.7 Å². The molecule has 0 unspecified atom stereocenters. The molecule has 0 aliphatic carbocycles. The van der Waals surface area contributed by atoms with Crippen LogP contribution in [0.5, 0.6) is 0 Å². The SMILES string of the molecule is O=C1N[C@@H](c2ccc(Cl)cc2Cl)[C@H](C(=O)NOCc2ccc3nccn3c2)c2ccccc21. The molecule has 3 heterocycles. The van der Waals surface area contributed by atoms with E-state index in [1.165, 1.54) is 0 Å². The van der Waals surface area contributed by atoms with Gasteiger partial charge in [0.15, 0.2) is 0 Å². The van der Waals surface area contributed by atoms with Gasteiger partial charge in [-0.3, -0.25) is 14.4 Å². The van der Waals surface area contributed by atoms with E-state index in [2.05, 4.69) is 15.8 Å². The Labute approximate surface area is 199 Å². The number of pyridine rings is 1. The molecule has 4 aromatic rings. The summed E-state index contributed by atoms with van der Waals surface area (Å²) in [6, 6.07) is 15.0. The average molecular weight is 481 g/mol. The Kier molecular flexibility index (Phi) is 5.76. The molecule has 2 N–H and O–H groups in total. The molecule has 0 fully saturated rings. The number of nitrogens with zero attached hydrogens (tertiary/aromatic N) is 2. The molecule has 9 heteroatoms. The molecule has 33 heavy (non-hydrogen) atoms. The van der Waals surface area contributed by atoms with Gasteiger partial charge < -0.3 is 9.72 Å². The number of fused-ring (bicyclic) bond motifs is 2. The molecule has 0 spiro atoms. The molecule has 7 nitrogen and oxygen atoms in total. The molecule has 2 aromatic carbocycles. The fourth-order valence-corrected chi connectivity index (χ4v) is 4.59. The first kappa shape index (κ1) is 21.5. The molecule has 166 valence electrons. The third-order valence-corrected chi connectivity index (χ3v) is 6.16. The van der Waals surface area contributed by atoms with E-state index < -0.39 is 17.9 Å². The van der Waals surface area contributed by atoms with Crippen LogP contribution in [-0.4, -0.2) is 21.2 Å². The predicted octanol–water partition coefficient (Wildman–Crippen LogP) is 4.46. The standard InChI is InChI=1S/C24H18Cl2N4O3/c25-15-6-7-18(19(26)11-15)22-21(16-3-1-2-4-17(16)23(31)28-22)24(32)29-33-13-14-5-8-20-27-9-10-30(20)12-14/h1-12,21-22H,13H2,(H,28,31)(H,29,32)/t21-,22+/m1/s1. The van der Waals surface area contributed by atoms with Crippen molar-refractivity contribution in [1.82, 2.24) is 20.2 Å². The number of aromatic nitrogens is 2. The van der Waals surface area contributed by atoms with Gasteiger partial charge in [-0.05, 0) is 41.0 Å². The molecule has 0 bridgehead atoms. The second-order valence-electron chi connectivity index (χ2n) is 7.67. The van der Waals surface area contributed by atoms with Gasteiger partial charge in [0.2, 0.25) is 0 Å². The van der Waals surface area contributed by atoms with Gasteiger partial charge in [0, 0.05) is 34.2 Å². The summed E-state index contributed by atoms with van der Waals surface area (Å²) in [6.07, 6.45) is 5.42. The molecule has 0 saturated heterocycles. The lowest BCUT2D eigenvalue weighted by Crippen LogP contribution is -2.44. The van der Waals surface area contributed by atoms with Gasteiger partial charge in [-0.2, -0.15) is 0 Å². The lowest BCUT2D eigenvalue weighted by atomic mass is 9.80. The molecular weight excluding hydrogens is 463 g/mol. The monoisotopic (exact) mass is 480 g/mol. The number of imidazole rings is 1. The number of hydrogen-bond donors (Lipinski definition) is 2. The van der Waals surface area contributed by atoms with Crippen molar-refractivity contribution in [2.24, 2.45) is 0 Å². The number of amides is 2. The number of hydroxylamine groups is 1. The molecule has 0 radical (unpaired) electrons. The zero-order valence-electron chi connectivity index (χ0n) is 17.2. The second kappa shape index (κ2) is 8.86. The normalized spacial score (nSPS) is 17.5. The van der Waals surface area contributed by atoms with E-state index in [1.54, 1.807) is 48.7 Å². The van der Waals surface area contributed by atoms with Gasteiger partial charge in [0.1, 0.15) is 12.3 Å². The van der Waals surface area contributed by atoms with Crippen molar-refractivity contribution >= 4 is 40.7 Å². The minimum Gasteiger partial charge on any atom is -0.344 e. The van der Waals surface area contributed by atoms with E-state index in [9.17, 15) is 9.59 Å². The van der Waals surface area contributed by atoms with E-state index in [1.807, 2.05) is 28.9 Å². The zero-order valence-corrected chi connectivity index (χ0v) is 18.7. The number of carbonyl (C=O) groups is 2. The van der Waals surface area contributed by atoms with Crippen molar-refractivity contribution in [1.29, 1.82) is 0 Å². The highest BCUT2D eigenvalue weighted by Gasteiger charge is 2.40. The van der Waals surface area contributed by atoms with E-state index >= 15 is 0 Å². The molecule has 2 atom stereocenters. The fraction of sp³-hybridized carbons (Fsp3) is 0.125. The molecule has 1 aliphatic heterocycles. The lowest BCUT2D eigenvalue weighted by Gasteiger charge is -2.33. The van der Waals surface area contributed by atoms with Crippen molar-refractivity contribution in [2.45, 2.75) is 18.6 Å². The molecule has 1 aliphatic rings. The van der Waals surface area contributed by atoms with Crippen LogP contribution in [0.1, 0.15) is 39.0 Å². The summed E-state index contributed by atoms with van der Waals surface area (Å²) < 4.78 is 1.87. The van der Waals surface area contributed by atoms with Crippen LogP contribution in [0.4, 0.5) is 0 Å². The van der Waals surface area contributed by atoms with E-state index in [0.717, 1.165) is 11.2 Å². The first-order valence-electron chi connectivity index (χ1n) is 10.2. The largest absolute Gasteiger partial charge is 0.344 e. The summed E-state index contributed by atoms with van der Waals surface area (Å²) in [4.78, 5) is 35.8. The predicted molar refractivity (Wildman–Crippen MR) is 124 cm³/mol. The van der Waals surface area contributed by atoms with E-state index in [4.69, 9.17) is 28.0 Å². The maximum atomic E-state index is 13.3. The summed E-state index contributed by atoms with van der Waals surface area (Å²) in [5, 5.41) is 3.74. The number of nitrogens with one attached hydrogen (secondary N) is 2. The van der Waals surface area contributed by atoms with Gasteiger partial charge in [-0.15, -0.1) is 0 Å². The highest BCUT2D eigenvalue weighted by Crippen LogP contribution is 2.40. The summed E-state index contributed by atoms with van der Waals surface area (Å²) >= 11 is 12.5. The fourth-order valence-electron chi connectivity index (χ4n) is 4.07. The summed E-state index contributed by atoms with van der Waals surface area (Å²) in [5.41, 5.74) is 5.84. The zero-order chi connectivity index (χ0) is 22.9. The molecule has 0 saturated carbocycles. The molecule has 2 amide bonds. The van der Waals surface area contributed by atoms with Crippen LogP contribution < -0.4 is 10.8 Å². The minimum atomic E-state index is -0.756. The van der Waals surface area contributed by atoms with Crippen molar-refractivity contribution in [3.05, 3.63) is 105 Å². The summed E-state index contributed by atoms with van der Waals surface area (Å²) in [5.74, 6) is -1.43. The van der Waals surface area contributed by atoms with Crippen molar-refractivity contribution < 1.29 is 14.4 Å². The highest BCUT2D eigenvalue weighted by atomic mass is 35.5. The topological polar surface area (TPSA) is 84.7 Å². The lowest BCUT2D eigenvalue weighted by molar-refractivity contribution is -0.137. The van der Waals surface area contributed by atoms with Crippen LogP contribution in [0.2, 0.25) is 10.0 Å². The van der Waals surface area contributed by atoms with Crippen molar-refractivity contribution in [2.75, 3.05) is 0 Å². The van der Waals surface area contributed by atoms with Gasteiger partial charge >= 0.3 is 0 Å². The molecular formula is C24H18Cl2N4O3. The third kappa shape index (κ3) is 4.18. The Morgan fingerprint density at radius 1 is 1.12 bits per heavy atom. The molecule has 5 rings (SSSR count). The first-order chi connectivity index (χ1) is 16.0. The Bertz CT molecular complexity index is 1370. The summed E-state index contributed by atoms with van der Waals surface area (Å²) in [7, 11) is 0. The summed E-state index contributed by atoms with van der Waals surface area (Å²) in [6.45, 7) is 0.160. The Morgan fingerprint density at radius 2 is 1.97 bits per heavy atom. The number of rotatable bonds is 5. The van der Waals surface area contributed by atoms with Crippen LogP contribution in [0.15, 0.2) is 73.2 Å². The Hall–Kier alpha value is -3.39. The van der Waals surface area contributed by atoms with Crippen LogP contribution in [0.25, 0.3) is 5.65 Å². The van der Waals surface area contributed by atoms with Crippen LogP contribution in [0.3, 0.4) is 0 Å². The Balaban J connectivity index is 1.41. The van der Waals surface area contributed by atoms with Crippen LogP contribution in [0, 0.1) is 0 Å².